The molecule has 2 N–H and O–H groups in total. The van der Waals surface area contributed by atoms with E-state index in [1.807, 2.05) is 71.6 Å². The van der Waals surface area contributed by atoms with Crippen molar-refractivity contribution in [3.8, 4) is 17.0 Å². The molecule has 2 aromatic heterocycles. The molecule has 2 amide bonds. The van der Waals surface area contributed by atoms with Crippen molar-refractivity contribution in [1.82, 2.24) is 14.9 Å². The molecule has 0 saturated heterocycles. The number of benzene rings is 2. The number of methoxy groups -OCH3 is 1. The van der Waals surface area contributed by atoms with Crippen molar-refractivity contribution in [3.63, 3.8) is 0 Å². The number of hydrogen-bond acceptors (Lipinski definition) is 5. The van der Waals surface area contributed by atoms with Crippen LogP contribution >= 0.6 is 11.3 Å². The van der Waals surface area contributed by atoms with Crippen LogP contribution in [0.3, 0.4) is 0 Å². The van der Waals surface area contributed by atoms with Crippen LogP contribution in [0.5, 0.6) is 5.75 Å². The average Bonchev–Trinajstić information content (AvgIpc) is 3.40. The number of carbonyl (C=O) groups is 2. The van der Waals surface area contributed by atoms with Crippen molar-refractivity contribution in [1.29, 1.82) is 0 Å². The van der Waals surface area contributed by atoms with Gasteiger partial charge in [0, 0.05) is 35.0 Å². The first-order valence-corrected chi connectivity index (χ1v) is 11.1. The van der Waals surface area contributed by atoms with Gasteiger partial charge in [0.2, 0.25) is 11.8 Å². The Balaban J connectivity index is 1.41. The van der Waals surface area contributed by atoms with Crippen LogP contribution in [-0.2, 0) is 16.1 Å². The topological polar surface area (TPSA) is 85.2 Å². The SMILES string of the molecule is COc1ccc2c(ccn2CC(=O)Nc2nc(-c3ccc([C@H](C)NC(C)=O)cc3)cs2)c1. The van der Waals surface area contributed by atoms with Crippen LogP contribution in [-0.4, -0.2) is 28.5 Å². The number of ether oxygens (including phenoxy) is 1. The van der Waals surface area contributed by atoms with Gasteiger partial charge >= 0.3 is 0 Å². The lowest BCUT2D eigenvalue weighted by Crippen LogP contribution is -2.23. The molecule has 0 aliphatic heterocycles. The lowest BCUT2D eigenvalue weighted by molar-refractivity contribution is -0.119. The number of rotatable bonds is 7. The number of carbonyl (C=O) groups excluding carboxylic acids is 2. The molecule has 0 unspecified atom stereocenters. The Kier molecular flexibility index (Phi) is 6.23. The van der Waals surface area contributed by atoms with E-state index in [2.05, 4.69) is 15.6 Å². The van der Waals surface area contributed by atoms with Gasteiger partial charge in [-0.05, 0) is 36.8 Å². The van der Waals surface area contributed by atoms with Crippen molar-refractivity contribution in [3.05, 3.63) is 65.7 Å². The lowest BCUT2D eigenvalue weighted by Gasteiger charge is -2.13. The molecule has 1 atom stereocenters. The third-order valence-electron chi connectivity index (χ3n) is 5.17. The summed E-state index contributed by atoms with van der Waals surface area (Å²) in [4.78, 5) is 28.4. The van der Waals surface area contributed by atoms with E-state index >= 15 is 0 Å². The average molecular weight is 449 g/mol. The molecule has 32 heavy (non-hydrogen) atoms. The molecule has 2 heterocycles. The Bertz CT molecular complexity index is 1260. The van der Waals surface area contributed by atoms with Gasteiger partial charge in [-0.25, -0.2) is 4.98 Å². The standard InChI is InChI=1S/C24H24N4O3S/c1-15(25-16(2)29)17-4-6-18(7-5-17)21-14-32-24(26-21)27-23(30)13-28-11-10-19-12-20(31-3)8-9-22(19)28/h4-12,14-15H,13H2,1-3H3,(H,25,29)(H,26,27,30)/t15-/m0/s1. The smallest absolute Gasteiger partial charge is 0.246 e. The van der Waals surface area contributed by atoms with E-state index in [1.165, 1.54) is 18.3 Å². The fourth-order valence-electron chi connectivity index (χ4n) is 3.55. The first-order valence-electron chi connectivity index (χ1n) is 10.2. The van der Waals surface area contributed by atoms with Crippen molar-refractivity contribution < 1.29 is 14.3 Å². The number of thiazole rings is 1. The summed E-state index contributed by atoms with van der Waals surface area (Å²) in [5.41, 5.74) is 3.73. The van der Waals surface area contributed by atoms with Gasteiger partial charge in [0.15, 0.2) is 5.13 Å². The van der Waals surface area contributed by atoms with Gasteiger partial charge < -0.3 is 19.9 Å². The number of nitrogens with one attached hydrogen (secondary N) is 2. The Morgan fingerprint density at radius 1 is 1.16 bits per heavy atom. The summed E-state index contributed by atoms with van der Waals surface area (Å²) in [5, 5.41) is 9.24. The van der Waals surface area contributed by atoms with Crippen molar-refractivity contribution in [2.75, 3.05) is 12.4 Å². The lowest BCUT2D eigenvalue weighted by atomic mass is 10.1. The highest BCUT2D eigenvalue weighted by atomic mass is 32.1. The van der Waals surface area contributed by atoms with E-state index in [1.54, 1.807) is 7.11 Å². The molecule has 4 aromatic rings. The zero-order valence-electron chi connectivity index (χ0n) is 18.1. The largest absolute Gasteiger partial charge is 0.497 e. The third kappa shape index (κ3) is 4.81. The van der Waals surface area contributed by atoms with Crippen LogP contribution in [0.25, 0.3) is 22.2 Å². The third-order valence-corrected chi connectivity index (χ3v) is 5.93. The van der Waals surface area contributed by atoms with Crippen LogP contribution < -0.4 is 15.4 Å². The minimum atomic E-state index is -0.140. The minimum absolute atomic E-state index is 0.0577. The van der Waals surface area contributed by atoms with Crippen molar-refractivity contribution >= 4 is 39.2 Å². The summed E-state index contributed by atoms with van der Waals surface area (Å²) in [6, 6.07) is 15.5. The monoisotopic (exact) mass is 448 g/mol. The summed E-state index contributed by atoms with van der Waals surface area (Å²) in [7, 11) is 1.63. The van der Waals surface area contributed by atoms with Gasteiger partial charge in [0.25, 0.3) is 0 Å². The molecule has 0 fully saturated rings. The normalized spacial score (nSPS) is 11.8. The highest BCUT2D eigenvalue weighted by Gasteiger charge is 2.12. The second-order valence-corrected chi connectivity index (χ2v) is 8.36. The molecular formula is C24H24N4O3S. The second-order valence-electron chi connectivity index (χ2n) is 7.50. The fourth-order valence-corrected chi connectivity index (χ4v) is 4.29. The molecule has 0 spiro atoms. The van der Waals surface area contributed by atoms with Gasteiger partial charge in [0.05, 0.1) is 18.8 Å². The number of amides is 2. The molecule has 7 nitrogen and oxygen atoms in total. The Morgan fingerprint density at radius 2 is 1.94 bits per heavy atom. The predicted molar refractivity (Wildman–Crippen MR) is 127 cm³/mol. The molecule has 0 aliphatic carbocycles. The molecule has 0 bridgehead atoms. The summed E-state index contributed by atoms with van der Waals surface area (Å²) < 4.78 is 7.15. The van der Waals surface area contributed by atoms with E-state index in [0.717, 1.165) is 33.5 Å². The Labute approximate surface area is 190 Å². The van der Waals surface area contributed by atoms with Crippen LogP contribution in [0, 0.1) is 0 Å². The zero-order chi connectivity index (χ0) is 22.7. The Morgan fingerprint density at radius 3 is 2.66 bits per heavy atom. The van der Waals surface area contributed by atoms with Gasteiger partial charge in [-0.1, -0.05) is 24.3 Å². The first kappa shape index (κ1) is 21.6. The molecule has 4 rings (SSSR count). The molecule has 0 saturated carbocycles. The van der Waals surface area contributed by atoms with Crippen LogP contribution in [0.4, 0.5) is 5.13 Å². The summed E-state index contributed by atoms with van der Waals surface area (Å²) in [6.07, 6.45) is 1.89. The zero-order valence-corrected chi connectivity index (χ0v) is 18.9. The minimum Gasteiger partial charge on any atom is -0.497 e. The molecule has 0 radical (unpaired) electrons. The number of hydrogen-bond donors (Lipinski definition) is 2. The van der Waals surface area contributed by atoms with Gasteiger partial charge in [-0.2, -0.15) is 0 Å². The molecule has 0 aliphatic rings. The van der Waals surface area contributed by atoms with Crippen molar-refractivity contribution in [2.24, 2.45) is 0 Å². The van der Waals surface area contributed by atoms with E-state index in [0.29, 0.717) is 5.13 Å². The van der Waals surface area contributed by atoms with Gasteiger partial charge in [0.1, 0.15) is 12.3 Å². The van der Waals surface area contributed by atoms with Crippen LogP contribution in [0.15, 0.2) is 60.1 Å². The first-order chi connectivity index (χ1) is 15.4. The number of fused-ring (bicyclic) bond motifs is 1. The van der Waals surface area contributed by atoms with E-state index in [9.17, 15) is 9.59 Å². The maximum absolute atomic E-state index is 12.6. The van der Waals surface area contributed by atoms with Gasteiger partial charge in [-0.3, -0.25) is 9.59 Å². The molecule has 2 aromatic carbocycles. The molecular weight excluding hydrogens is 424 g/mol. The van der Waals surface area contributed by atoms with Gasteiger partial charge in [-0.15, -0.1) is 11.3 Å². The highest BCUT2D eigenvalue weighted by molar-refractivity contribution is 7.14. The fraction of sp³-hybridized carbons (Fsp3) is 0.208. The predicted octanol–water partition coefficient (Wildman–Crippen LogP) is 4.61. The molecule has 8 heteroatoms. The highest BCUT2D eigenvalue weighted by Crippen LogP contribution is 2.27. The summed E-state index contributed by atoms with van der Waals surface area (Å²) in [6.45, 7) is 3.64. The second kappa shape index (κ2) is 9.23. The van der Waals surface area contributed by atoms with Crippen LogP contribution in [0.1, 0.15) is 25.5 Å². The number of anilines is 1. The van der Waals surface area contributed by atoms with E-state index in [4.69, 9.17) is 4.74 Å². The quantitative estimate of drug-likeness (QED) is 0.432. The maximum atomic E-state index is 12.6. The Hall–Kier alpha value is -3.65. The maximum Gasteiger partial charge on any atom is 0.246 e. The van der Waals surface area contributed by atoms with E-state index in [-0.39, 0.29) is 24.4 Å². The van der Waals surface area contributed by atoms with Crippen molar-refractivity contribution in [2.45, 2.75) is 26.4 Å². The summed E-state index contributed by atoms with van der Waals surface area (Å²) in [5.74, 6) is 0.584. The molecule has 164 valence electrons. The summed E-state index contributed by atoms with van der Waals surface area (Å²) >= 11 is 1.39. The number of aromatic nitrogens is 2. The number of nitrogens with zero attached hydrogens (tertiary/aromatic N) is 2. The van der Waals surface area contributed by atoms with E-state index < -0.39 is 0 Å². The van der Waals surface area contributed by atoms with Crippen LogP contribution in [0.2, 0.25) is 0 Å².